The summed E-state index contributed by atoms with van der Waals surface area (Å²) in [7, 11) is 1.57. The van der Waals surface area contributed by atoms with Gasteiger partial charge in [0.2, 0.25) is 0 Å². The van der Waals surface area contributed by atoms with Gasteiger partial charge in [-0.25, -0.2) is 9.97 Å². The maximum absolute atomic E-state index is 12.7. The molecule has 1 aromatic carbocycles. The molecule has 2 aliphatic heterocycles. The Labute approximate surface area is 187 Å². The van der Waals surface area contributed by atoms with Crippen molar-refractivity contribution in [3.05, 3.63) is 47.5 Å². The summed E-state index contributed by atoms with van der Waals surface area (Å²) in [5.41, 5.74) is 1.18. The van der Waals surface area contributed by atoms with Crippen molar-refractivity contribution in [1.29, 1.82) is 0 Å². The summed E-state index contributed by atoms with van der Waals surface area (Å²) in [4.78, 5) is 38.0. The summed E-state index contributed by atoms with van der Waals surface area (Å²) < 4.78 is 16.2. The van der Waals surface area contributed by atoms with Crippen LogP contribution >= 0.6 is 0 Å². The highest BCUT2D eigenvalue weighted by Crippen LogP contribution is 2.28. The van der Waals surface area contributed by atoms with Gasteiger partial charge in [0.1, 0.15) is 5.82 Å². The molecule has 0 N–H and O–H groups in total. The van der Waals surface area contributed by atoms with Gasteiger partial charge in [0.05, 0.1) is 31.6 Å². The van der Waals surface area contributed by atoms with E-state index >= 15 is 0 Å². The number of ether oxygens (including phenoxy) is 3. The van der Waals surface area contributed by atoms with E-state index < -0.39 is 0 Å². The summed E-state index contributed by atoms with van der Waals surface area (Å²) in [6, 6.07) is 7.25. The molecule has 0 bridgehead atoms. The summed E-state index contributed by atoms with van der Waals surface area (Å²) in [6.45, 7) is 5.19. The largest absolute Gasteiger partial charge is 0.493 e. The van der Waals surface area contributed by atoms with Crippen LogP contribution in [0.3, 0.4) is 0 Å². The van der Waals surface area contributed by atoms with Crippen molar-refractivity contribution in [3.63, 3.8) is 0 Å². The number of amides is 2. The lowest BCUT2D eigenvalue weighted by atomic mass is 10.1. The minimum Gasteiger partial charge on any atom is -0.493 e. The molecule has 1 atom stereocenters. The summed E-state index contributed by atoms with van der Waals surface area (Å²) in [5, 5.41) is 0. The van der Waals surface area contributed by atoms with E-state index in [1.54, 1.807) is 35.2 Å². The molecule has 0 radical (unpaired) electrons. The fourth-order valence-electron chi connectivity index (χ4n) is 3.99. The minimum atomic E-state index is -0.0887. The second-order valence-electron chi connectivity index (χ2n) is 7.90. The normalized spacial score (nSPS) is 18.5. The number of aryl methyl sites for hydroxylation is 1. The molecule has 2 aliphatic rings. The van der Waals surface area contributed by atoms with E-state index in [-0.39, 0.29) is 24.3 Å². The topological polar surface area (TPSA) is 94.1 Å². The van der Waals surface area contributed by atoms with Gasteiger partial charge in [-0.15, -0.1) is 0 Å². The number of nitrogens with zero attached hydrogens (tertiary/aromatic N) is 4. The van der Waals surface area contributed by atoms with E-state index in [1.165, 1.54) is 0 Å². The van der Waals surface area contributed by atoms with Gasteiger partial charge < -0.3 is 24.0 Å². The Balaban J connectivity index is 1.35. The van der Waals surface area contributed by atoms with Crippen molar-refractivity contribution in [2.75, 3.05) is 53.1 Å². The second-order valence-corrected chi connectivity index (χ2v) is 7.90. The first-order valence-corrected chi connectivity index (χ1v) is 10.8. The zero-order valence-corrected chi connectivity index (χ0v) is 18.5. The van der Waals surface area contributed by atoms with Crippen molar-refractivity contribution in [3.8, 4) is 11.5 Å². The predicted octanol–water partition coefficient (Wildman–Crippen LogP) is 1.66. The molecule has 4 rings (SSSR count). The van der Waals surface area contributed by atoms with Gasteiger partial charge in [-0.1, -0.05) is 12.1 Å². The SMILES string of the molecule is COc1ccccc1OCC(=O)N1CC[C@H](c2ncc(C(=O)N3CCOCC3)c(C)n2)C1. The minimum absolute atomic E-state index is 0.0384. The fourth-order valence-corrected chi connectivity index (χ4v) is 3.99. The highest BCUT2D eigenvalue weighted by molar-refractivity contribution is 5.95. The van der Waals surface area contributed by atoms with Crippen LogP contribution in [0.5, 0.6) is 11.5 Å². The molecule has 2 saturated heterocycles. The number of aromatic nitrogens is 2. The molecular weight excluding hydrogens is 412 g/mol. The van der Waals surface area contributed by atoms with Crippen LogP contribution in [0.1, 0.15) is 34.2 Å². The van der Waals surface area contributed by atoms with Gasteiger partial charge in [-0.05, 0) is 25.5 Å². The highest BCUT2D eigenvalue weighted by atomic mass is 16.5. The third kappa shape index (κ3) is 4.83. The highest BCUT2D eigenvalue weighted by Gasteiger charge is 2.30. The van der Waals surface area contributed by atoms with Crippen LogP contribution in [-0.4, -0.2) is 84.7 Å². The molecule has 0 unspecified atom stereocenters. The van der Waals surface area contributed by atoms with E-state index in [1.807, 2.05) is 19.1 Å². The molecule has 0 aliphatic carbocycles. The molecular formula is C23H28N4O5. The quantitative estimate of drug-likeness (QED) is 0.674. The van der Waals surface area contributed by atoms with Crippen molar-refractivity contribution in [2.24, 2.45) is 0 Å². The number of methoxy groups -OCH3 is 1. The summed E-state index contributed by atoms with van der Waals surface area (Å²) in [6.07, 6.45) is 2.39. The van der Waals surface area contributed by atoms with Crippen LogP contribution in [-0.2, 0) is 9.53 Å². The third-order valence-electron chi connectivity index (χ3n) is 5.85. The first kappa shape index (κ1) is 22.0. The number of benzene rings is 1. The number of para-hydroxylation sites is 2. The van der Waals surface area contributed by atoms with Crippen LogP contribution in [0.4, 0.5) is 0 Å². The van der Waals surface area contributed by atoms with Crippen molar-refractivity contribution in [1.82, 2.24) is 19.8 Å². The first-order chi connectivity index (χ1) is 15.6. The standard InChI is InChI=1S/C23H28N4O5/c1-16-18(23(29)26-9-11-31-12-10-26)13-24-22(25-16)17-7-8-27(14-17)21(28)15-32-20-6-4-3-5-19(20)30-2/h3-6,13,17H,7-12,14-15H2,1-2H3/t17-/m0/s1. The van der Waals surface area contributed by atoms with Gasteiger partial charge in [-0.2, -0.15) is 0 Å². The van der Waals surface area contributed by atoms with Gasteiger partial charge in [-0.3, -0.25) is 9.59 Å². The maximum atomic E-state index is 12.7. The molecule has 2 fully saturated rings. The van der Waals surface area contributed by atoms with Gasteiger partial charge in [0, 0.05) is 38.3 Å². The third-order valence-corrected chi connectivity index (χ3v) is 5.85. The van der Waals surface area contributed by atoms with Crippen LogP contribution in [0, 0.1) is 6.92 Å². The number of hydrogen-bond acceptors (Lipinski definition) is 7. The number of likely N-dealkylation sites (tertiary alicyclic amines) is 1. The van der Waals surface area contributed by atoms with E-state index in [0.717, 1.165) is 6.42 Å². The molecule has 0 saturated carbocycles. The Morgan fingerprint density at radius 1 is 1.12 bits per heavy atom. The summed E-state index contributed by atoms with van der Waals surface area (Å²) in [5.74, 6) is 1.69. The Morgan fingerprint density at radius 3 is 2.59 bits per heavy atom. The smallest absolute Gasteiger partial charge is 0.260 e. The maximum Gasteiger partial charge on any atom is 0.260 e. The zero-order chi connectivity index (χ0) is 22.5. The lowest BCUT2D eigenvalue weighted by Gasteiger charge is -2.27. The Morgan fingerprint density at radius 2 is 1.88 bits per heavy atom. The van der Waals surface area contributed by atoms with Crippen LogP contribution in [0.25, 0.3) is 0 Å². The fraction of sp³-hybridized carbons (Fsp3) is 0.478. The molecule has 2 amide bonds. The molecule has 3 heterocycles. The first-order valence-electron chi connectivity index (χ1n) is 10.8. The lowest BCUT2D eigenvalue weighted by molar-refractivity contribution is -0.132. The molecule has 0 spiro atoms. The molecule has 9 nitrogen and oxygen atoms in total. The summed E-state index contributed by atoms with van der Waals surface area (Å²) >= 11 is 0. The van der Waals surface area contributed by atoms with Crippen molar-refractivity contribution in [2.45, 2.75) is 19.3 Å². The van der Waals surface area contributed by atoms with E-state index in [0.29, 0.717) is 68.0 Å². The second kappa shape index (κ2) is 9.95. The number of morpholine rings is 1. The average molecular weight is 441 g/mol. The Kier molecular flexibility index (Phi) is 6.84. The molecule has 170 valence electrons. The lowest BCUT2D eigenvalue weighted by Crippen LogP contribution is -2.41. The van der Waals surface area contributed by atoms with Crippen molar-refractivity contribution >= 4 is 11.8 Å². The van der Waals surface area contributed by atoms with E-state index in [2.05, 4.69) is 9.97 Å². The molecule has 2 aromatic rings. The Bertz CT molecular complexity index is 977. The van der Waals surface area contributed by atoms with Crippen LogP contribution in [0.2, 0.25) is 0 Å². The van der Waals surface area contributed by atoms with Gasteiger partial charge >= 0.3 is 0 Å². The van der Waals surface area contributed by atoms with Crippen LogP contribution < -0.4 is 9.47 Å². The molecule has 1 aromatic heterocycles. The van der Waals surface area contributed by atoms with Gasteiger partial charge in [0.15, 0.2) is 18.1 Å². The van der Waals surface area contributed by atoms with E-state index in [9.17, 15) is 9.59 Å². The predicted molar refractivity (Wildman–Crippen MR) is 116 cm³/mol. The Hall–Kier alpha value is -3.20. The monoisotopic (exact) mass is 440 g/mol. The average Bonchev–Trinajstić information content (AvgIpc) is 3.33. The van der Waals surface area contributed by atoms with E-state index in [4.69, 9.17) is 14.2 Å². The van der Waals surface area contributed by atoms with Crippen molar-refractivity contribution < 1.29 is 23.8 Å². The number of carbonyl (C=O) groups excluding carboxylic acids is 2. The van der Waals surface area contributed by atoms with Crippen LogP contribution in [0.15, 0.2) is 30.5 Å². The zero-order valence-electron chi connectivity index (χ0n) is 18.5. The van der Waals surface area contributed by atoms with Gasteiger partial charge in [0.25, 0.3) is 11.8 Å². The molecule has 9 heteroatoms. The number of carbonyl (C=O) groups is 2. The number of rotatable bonds is 6. The number of hydrogen-bond donors (Lipinski definition) is 0. The molecule has 32 heavy (non-hydrogen) atoms.